The molecule has 3 aromatic rings. The molecule has 9 heteroatoms. The number of aryl methyl sites for hydroxylation is 1. The Hall–Kier alpha value is -2.52. The Kier molecular flexibility index (Phi) is 4.33. The van der Waals surface area contributed by atoms with Gasteiger partial charge in [0.05, 0.1) is 13.2 Å². The first-order valence-corrected chi connectivity index (χ1v) is 8.54. The monoisotopic (exact) mass is 343 g/mol. The summed E-state index contributed by atoms with van der Waals surface area (Å²) in [5.74, 6) is 1.57. The van der Waals surface area contributed by atoms with E-state index in [1.807, 2.05) is 25.1 Å². The van der Waals surface area contributed by atoms with Gasteiger partial charge in [-0.05, 0) is 12.1 Å². The highest BCUT2D eigenvalue weighted by Gasteiger charge is 2.25. The molecule has 1 N–H and O–H groups in total. The molecule has 1 aliphatic rings. The third-order valence-electron chi connectivity index (χ3n) is 4.44. The molecule has 0 aromatic carbocycles. The van der Waals surface area contributed by atoms with Crippen LogP contribution < -0.4 is 5.69 Å². The second kappa shape index (κ2) is 6.77. The van der Waals surface area contributed by atoms with E-state index in [0.29, 0.717) is 31.2 Å². The van der Waals surface area contributed by atoms with Crippen molar-refractivity contribution in [3.63, 3.8) is 0 Å². The van der Waals surface area contributed by atoms with Crippen molar-refractivity contribution in [1.29, 1.82) is 0 Å². The zero-order chi connectivity index (χ0) is 17.2. The van der Waals surface area contributed by atoms with Gasteiger partial charge in [0.15, 0.2) is 11.5 Å². The maximum absolute atomic E-state index is 12.3. The number of hydrogen-bond donors (Lipinski definition) is 1. The van der Waals surface area contributed by atoms with Crippen LogP contribution in [0.4, 0.5) is 0 Å². The number of rotatable bonds is 5. The summed E-state index contributed by atoms with van der Waals surface area (Å²) in [6.07, 6.45) is 2.42. The molecule has 0 amide bonds. The average molecular weight is 343 g/mol. The number of fused-ring (bicyclic) bond motifs is 1. The molecule has 9 nitrogen and oxygen atoms in total. The van der Waals surface area contributed by atoms with Gasteiger partial charge in [0.25, 0.3) is 0 Å². The molecule has 132 valence electrons. The molecule has 1 atom stereocenters. The number of ether oxygens (including phenoxy) is 1. The molecule has 1 aliphatic heterocycles. The summed E-state index contributed by atoms with van der Waals surface area (Å²) in [6, 6.07) is 5.53. The van der Waals surface area contributed by atoms with Gasteiger partial charge in [0, 0.05) is 32.3 Å². The minimum Gasteiger partial charge on any atom is -0.367 e. The Bertz CT molecular complexity index is 912. The summed E-state index contributed by atoms with van der Waals surface area (Å²) in [5, 5.41) is 11.5. The van der Waals surface area contributed by atoms with Crippen LogP contribution >= 0.6 is 0 Å². The van der Waals surface area contributed by atoms with Gasteiger partial charge in [0.2, 0.25) is 0 Å². The van der Waals surface area contributed by atoms with Crippen LogP contribution in [0.5, 0.6) is 0 Å². The first-order chi connectivity index (χ1) is 12.2. The maximum atomic E-state index is 12.3. The van der Waals surface area contributed by atoms with Crippen LogP contribution in [0.2, 0.25) is 0 Å². The van der Waals surface area contributed by atoms with Crippen molar-refractivity contribution in [2.24, 2.45) is 0 Å². The topological polar surface area (TPSA) is 93.3 Å². The van der Waals surface area contributed by atoms with Gasteiger partial charge in [0.1, 0.15) is 11.9 Å². The first-order valence-electron chi connectivity index (χ1n) is 8.54. The smallest absolute Gasteiger partial charge is 0.350 e. The summed E-state index contributed by atoms with van der Waals surface area (Å²) >= 11 is 0. The van der Waals surface area contributed by atoms with E-state index < -0.39 is 0 Å². The Morgan fingerprint density at radius 3 is 3.08 bits per heavy atom. The molecule has 1 saturated heterocycles. The van der Waals surface area contributed by atoms with Crippen LogP contribution in [0, 0.1) is 0 Å². The molecule has 4 heterocycles. The molecule has 0 bridgehead atoms. The highest BCUT2D eigenvalue weighted by Crippen LogP contribution is 2.19. The number of H-pyrrole nitrogens is 1. The van der Waals surface area contributed by atoms with Crippen LogP contribution in [0.1, 0.15) is 24.7 Å². The SMILES string of the molecule is CCc1nc([C@H]2CN(CCn3nc4ccccn4c3=O)CCO2)n[nH]1. The summed E-state index contributed by atoms with van der Waals surface area (Å²) in [7, 11) is 0. The van der Waals surface area contributed by atoms with Crippen LogP contribution in [0.15, 0.2) is 29.2 Å². The summed E-state index contributed by atoms with van der Waals surface area (Å²) in [5.41, 5.74) is 0.558. The third-order valence-corrected chi connectivity index (χ3v) is 4.44. The van der Waals surface area contributed by atoms with Crippen molar-refractivity contribution in [1.82, 2.24) is 34.3 Å². The number of hydrogen-bond acceptors (Lipinski definition) is 6. The van der Waals surface area contributed by atoms with Gasteiger partial charge >= 0.3 is 5.69 Å². The van der Waals surface area contributed by atoms with E-state index in [-0.39, 0.29) is 11.8 Å². The van der Waals surface area contributed by atoms with Gasteiger partial charge in [-0.1, -0.05) is 13.0 Å². The number of pyridine rings is 1. The molecule has 1 fully saturated rings. The molecular formula is C16H21N7O2. The van der Waals surface area contributed by atoms with Crippen molar-refractivity contribution in [3.8, 4) is 0 Å². The highest BCUT2D eigenvalue weighted by molar-refractivity contribution is 5.35. The molecule has 0 spiro atoms. The van der Waals surface area contributed by atoms with Gasteiger partial charge in [-0.25, -0.2) is 14.5 Å². The third kappa shape index (κ3) is 3.20. The normalized spacial score (nSPS) is 18.8. The molecule has 4 rings (SSSR count). The summed E-state index contributed by atoms with van der Waals surface area (Å²) in [6.45, 7) is 5.47. The fraction of sp³-hybridized carbons (Fsp3) is 0.500. The minimum absolute atomic E-state index is 0.109. The number of aromatic nitrogens is 6. The van der Waals surface area contributed by atoms with E-state index in [1.54, 1.807) is 10.6 Å². The van der Waals surface area contributed by atoms with Gasteiger partial charge in [-0.3, -0.25) is 14.4 Å². The van der Waals surface area contributed by atoms with Crippen LogP contribution in [-0.4, -0.2) is 60.5 Å². The number of nitrogens with one attached hydrogen (secondary N) is 1. The van der Waals surface area contributed by atoms with Gasteiger partial charge < -0.3 is 4.74 Å². The number of nitrogens with zero attached hydrogens (tertiary/aromatic N) is 6. The Morgan fingerprint density at radius 1 is 1.36 bits per heavy atom. The minimum atomic E-state index is -0.136. The van der Waals surface area contributed by atoms with E-state index in [4.69, 9.17) is 4.74 Å². The second-order valence-corrected chi connectivity index (χ2v) is 6.09. The number of morpholine rings is 1. The lowest BCUT2D eigenvalue weighted by Gasteiger charge is -2.31. The van der Waals surface area contributed by atoms with Crippen LogP contribution in [0.25, 0.3) is 5.65 Å². The molecule has 0 radical (unpaired) electrons. The molecular weight excluding hydrogens is 322 g/mol. The Morgan fingerprint density at radius 2 is 2.28 bits per heavy atom. The summed E-state index contributed by atoms with van der Waals surface area (Å²) < 4.78 is 8.87. The number of aromatic amines is 1. The lowest BCUT2D eigenvalue weighted by Crippen LogP contribution is -2.41. The van der Waals surface area contributed by atoms with Crippen molar-refractivity contribution in [3.05, 3.63) is 46.5 Å². The van der Waals surface area contributed by atoms with Crippen LogP contribution in [-0.2, 0) is 17.7 Å². The second-order valence-electron chi connectivity index (χ2n) is 6.09. The largest absolute Gasteiger partial charge is 0.367 e. The zero-order valence-corrected chi connectivity index (χ0v) is 14.1. The van der Waals surface area contributed by atoms with Crippen molar-refractivity contribution in [2.75, 3.05) is 26.2 Å². The average Bonchev–Trinajstić information content (AvgIpc) is 3.26. The quantitative estimate of drug-likeness (QED) is 0.714. The van der Waals surface area contributed by atoms with E-state index in [2.05, 4.69) is 25.2 Å². The maximum Gasteiger partial charge on any atom is 0.350 e. The standard InChI is InChI=1S/C16H21N7O2/c1-2-13-17-15(19-18-13)12-11-21(9-10-25-12)7-8-23-16(24)22-6-4-3-5-14(22)20-23/h3-6,12H,2,7-11H2,1H3,(H,17,18,19)/t12-/m1/s1. The van der Waals surface area contributed by atoms with E-state index in [9.17, 15) is 4.79 Å². The van der Waals surface area contributed by atoms with Crippen molar-refractivity contribution >= 4 is 5.65 Å². The lowest BCUT2D eigenvalue weighted by atomic mass is 10.2. The van der Waals surface area contributed by atoms with Crippen LogP contribution in [0.3, 0.4) is 0 Å². The first kappa shape index (κ1) is 16.0. The predicted octanol–water partition coefficient (Wildman–Crippen LogP) is 0.250. The van der Waals surface area contributed by atoms with Gasteiger partial charge in [-0.15, -0.1) is 5.10 Å². The molecule has 0 aliphatic carbocycles. The molecule has 3 aromatic heterocycles. The van der Waals surface area contributed by atoms with Crippen molar-refractivity contribution < 1.29 is 4.74 Å². The molecule has 0 unspecified atom stereocenters. The fourth-order valence-electron chi connectivity index (χ4n) is 3.02. The predicted molar refractivity (Wildman–Crippen MR) is 90.3 cm³/mol. The van der Waals surface area contributed by atoms with Gasteiger partial charge in [-0.2, -0.15) is 5.10 Å². The van der Waals surface area contributed by atoms with E-state index in [0.717, 1.165) is 25.3 Å². The van der Waals surface area contributed by atoms with E-state index in [1.165, 1.54) is 4.68 Å². The summed E-state index contributed by atoms with van der Waals surface area (Å²) in [4.78, 5) is 19.0. The Labute approximate surface area is 144 Å². The fourth-order valence-corrected chi connectivity index (χ4v) is 3.02. The van der Waals surface area contributed by atoms with E-state index >= 15 is 0 Å². The zero-order valence-electron chi connectivity index (χ0n) is 14.1. The molecule has 0 saturated carbocycles. The highest BCUT2D eigenvalue weighted by atomic mass is 16.5. The van der Waals surface area contributed by atoms with Crippen molar-refractivity contribution in [2.45, 2.75) is 26.0 Å². The Balaban J connectivity index is 1.42. The molecule has 25 heavy (non-hydrogen) atoms. The lowest BCUT2D eigenvalue weighted by molar-refractivity contribution is -0.0353.